The molecule has 2 rings (SSSR count). The summed E-state index contributed by atoms with van der Waals surface area (Å²) in [6, 6.07) is 1.77. The van der Waals surface area contributed by atoms with Crippen molar-refractivity contribution in [3.8, 4) is 0 Å². The van der Waals surface area contributed by atoms with Crippen LogP contribution in [0.5, 0.6) is 0 Å². The Bertz CT molecular complexity index is 455. The number of halogens is 1. The minimum atomic E-state index is -0.159. The fourth-order valence-corrected chi connectivity index (χ4v) is 2.69. The largest absolute Gasteiger partial charge is 0.452 e. The standard InChI is InChI=1S/C12H15ClN2O2S/c13-11-9(5-6-17-11)12(16)15(7-10(14)18)8-3-1-2-4-8/h5-6,8H,1-4,7H2,(H2,14,18). The fourth-order valence-electron chi connectivity index (χ4n) is 2.35. The van der Waals surface area contributed by atoms with Gasteiger partial charge in [-0.25, -0.2) is 0 Å². The van der Waals surface area contributed by atoms with Crippen LogP contribution in [0, 0.1) is 0 Å². The van der Waals surface area contributed by atoms with Gasteiger partial charge in [0, 0.05) is 6.04 Å². The third-order valence-corrected chi connectivity index (χ3v) is 3.62. The lowest BCUT2D eigenvalue weighted by Crippen LogP contribution is -2.43. The third-order valence-electron chi connectivity index (χ3n) is 3.20. The van der Waals surface area contributed by atoms with Gasteiger partial charge in [-0.1, -0.05) is 25.1 Å². The molecule has 0 spiro atoms. The Morgan fingerprint density at radius 1 is 1.56 bits per heavy atom. The average Bonchev–Trinajstić information content (AvgIpc) is 2.95. The van der Waals surface area contributed by atoms with Crippen molar-refractivity contribution >= 4 is 34.7 Å². The van der Waals surface area contributed by atoms with E-state index in [1.165, 1.54) is 6.26 Å². The molecular formula is C12H15ClN2O2S. The molecule has 0 unspecified atom stereocenters. The first kappa shape index (κ1) is 13.4. The molecule has 1 heterocycles. The Kier molecular flexibility index (Phi) is 4.24. The van der Waals surface area contributed by atoms with E-state index in [0.717, 1.165) is 25.7 Å². The molecule has 0 bridgehead atoms. The Morgan fingerprint density at radius 3 is 2.72 bits per heavy atom. The molecule has 0 aromatic carbocycles. The van der Waals surface area contributed by atoms with E-state index in [4.69, 9.17) is 34.0 Å². The summed E-state index contributed by atoms with van der Waals surface area (Å²) >= 11 is 10.8. The summed E-state index contributed by atoms with van der Waals surface area (Å²) < 4.78 is 4.96. The molecule has 18 heavy (non-hydrogen) atoms. The number of nitrogens with two attached hydrogens (primary N) is 1. The Labute approximate surface area is 116 Å². The number of thiocarbonyl (C=S) groups is 1. The number of hydrogen-bond acceptors (Lipinski definition) is 3. The van der Waals surface area contributed by atoms with Gasteiger partial charge >= 0.3 is 0 Å². The average molecular weight is 287 g/mol. The van der Waals surface area contributed by atoms with Crippen molar-refractivity contribution in [2.75, 3.05) is 6.54 Å². The maximum Gasteiger partial charge on any atom is 0.259 e. The Morgan fingerprint density at radius 2 is 2.22 bits per heavy atom. The van der Waals surface area contributed by atoms with Crippen LogP contribution in [0.4, 0.5) is 0 Å². The second-order valence-corrected chi connectivity index (χ2v) is 5.31. The molecule has 2 N–H and O–H groups in total. The normalized spacial score (nSPS) is 15.8. The first-order valence-electron chi connectivity index (χ1n) is 5.92. The first-order valence-corrected chi connectivity index (χ1v) is 6.70. The van der Waals surface area contributed by atoms with E-state index < -0.39 is 0 Å². The number of amides is 1. The molecule has 1 aliphatic carbocycles. The number of rotatable bonds is 4. The van der Waals surface area contributed by atoms with Gasteiger partial charge in [0.1, 0.15) is 0 Å². The van der Waals surface area contributed by atoms with Gasteiger partial charge in [0.15, 0.2) is 0 Å². The summed E-state index contributed by atoms with van der Waals surface area (Å²) in [5.74, 6) is -0.159. The second-order valence-electron chi connectivity index (χ2n) is 4.45. The fraction of sp³-hybridized carbons (Fsp3) is 0.500. The summed E-state index contributed by atoms with van der Waals surface area (Å²) in [6.07, 6.45) is 5.65. The Hall–Kier alpha value is -1.07. The molecule has 1 fully saturated rings. The molecule has 0 atom stereocenters. The lowest BCUT2D eigenvalue weighted by atomic mass is 10.1. The summed E-state index contributed by atoms with van der Waals surface area (Å²) in [4.78, 5) is 14.4. The summed E-state index contributed by atoms with van der Waals surface area (Å²) in [5.41, 5.74) is 5.95. The molecule has 0 saturated heterocycles. The van der Waals surface area contributed by atoms with Crippen LogP contribution >= 0.6 is 23.8 Å². The van der Waals surface area contributed by atoms with E-state index in [-0.39, 0.29) is 17.2 Å². The summed E-state index contributed by atoms with van der Waals surface area (Å²) in [6.45, 7) is 0.292. The molecule has 1 aliphatic rings. The predicted molar refractivity (Wildman–Crippen MR) is 73.8 cm³/mol. The highest BCUT2D eigenvalue weighted by Crippen LogP contribution is 2.27. The quantitative estimate of drug-likeness (QED) is 0.865. The van der Waals surface area contributed by atoms with Crippen LogP contribution in [0.3, 0.4) is 0 Å². The van der Waals surface area contributed by atoms with Crippen molar-refractivity contribution in [1.29, 1.82) is 0 Å². The first-order chi connectivity index (χ1) is 8.59. The molecule has 4 nitrogen and oxygen atoms in total. The molecule has 1 aromatic rings. The number of furan rings is 1. The van der Waals surface area contributed by atoms with Crippen LogP contribution in [0.1, 0.15) is 36.0 Å². The van der Waals surface area contributed by atoms with Gasteiger partial charge in [0.25, 0.3) is 5.91 Å². The van der Waals surface area contributed by atoms with Crippen LogP contribution in [0.15, 0.2) is 16.7 Å². The maximum absolute atomic E-state index is 12.4. The number of carbonyl (C=O) groups excluding carboxylic acids is 1. The van der Waals surface area contributed by atoms with Crippen molar-refractivity contribution in [3.05, 3.63) is 23.1 Å². The van der Waals surface area contributed by atoms with E-state index in [9.17, 15) is 4.79 Å². The van der Waals surface area contributed by atoms with E-state index >= 15 is 0 Å². The molecule has 98 valence electrons. The number of carbonyl (C=O) groups is 1. The smallest absolute Gasteiger partial charge is 0.259 e. The van der Waals surface area contributed by atoms with Crippen molar-refractivity contribution < 1.29 is 9.21 Å². The van der Waals surface area contributed by atoms with Crippen molar-refractivity contribution in [1.82, 2.24) is 4.90 Å². The zero-order chi connectivity index (χ0) is 13.1. The van der Waals surface area contributed by atoms with E-state index in [1.807, 2.05) is 0 Å². The molecule has 1 amide bonds. The Balaban J connectivity index is 2.20. The topological polar surface area (TPSA) is 59.5 Å². The monoisotopic (exact) mass is 286 g/mol. The van der Waals surface area contributed by atoms with Crippen LogP contribution in [-0.2, 0) is 0 Å². The number of nitrogens with zero attached hydrogens (tertiary/aromatic N) is 1. The van der Waals surface area contributed by atoms with Gasteiger partial charge in [0.2, 0.25) is 5.22 Å². The van der Waals surface area contributed by atoms with Crippen molar-refractivity contribution in [3.63, 3.8) is 0 Å². The van der Waals surface area contributed by atoms with Gasteiger partial charge < -0.3 is 15.1 Å². The van der Waals surface area contributed by atoms with Gasteiger partial charge in [-0.2, -0.15) is 0 Å². The molecule has 1 aromatic heterocycles. The van der Waals surface area contributed by atoms with Crippen LogP contribution in [0.2, 0.25) is 5.22 Å². The minimum absolute atomic E-state index is 0.117. The van der Waals surface area contributed by atoms with E-state index in [1.54, 1.807) is 11.0 Å². The molecule has 0 aliphatic heterocycles. The third kappa shape index (κ3) is 2.84. The maximum atomic E-state index is 12.4. The predicted octanol–water partition coefficient (Wildman–Crippen LogP) is 2.60. The molecule has 6 heteroatoms. The zero-order valence-corrected chi connectivity index (χ0v) is 11.5. The van der Waals surface area contributed by atoms with Crippen molar-refractivity contribution in [2.45, 2.75) is 31.7 Å². The highest BCUT2D eigenvalue weighted by Gasteiger charge is 2.29. The number of hydrogen-bond donors (Lipinski definition) is 1. The van der Waals surface area contributed by atoms with Gasteiger partial charge in [-0.05, 0) is 30.5 Å². The molecule has 0 radical (unpaired) electrons. The summed E-state index contributed by atoms with van der Waals surface area (Å²) in [5, 5.41) is 0.117. The van der Waals surface area contributed by atoms with Crippen LogP contribution in [-0.4, -0.2) is 28.4 Å². The van der Waals surface area contributed by atoms with E-state index in [2.05, 4.69) is 0 Å². The SMILES string of the molecule is NC(=S)CN(C(=O)c1ccoc1Cl)C1CCCC1. The zero-order valence-electron chi connectivity index (χ0n) is 9.89. The lowest BCUT2D eigenvalue weighted by Gasteiger charge is -2.28. The van der Waals surface area contributed by atoms with E-state index in [0.29, 0.717) is 17.1 Å². The van der Waals surface area contributed by atoms with Gasteiger partial charge in [0.05, 0.1) is 23.4 Å². The highest BCUT2D eigenvalue weighted by molar-refractivity contribution is 7.80. The van der Waals surface area contributed by atoms with Gasteiger partial charge in [-0.3, -0.25) is 4.79 Å². The lowest BCUT2D eigenvalue weighted by molar-refractivity contribution is 0.0714. The van der Waals surface area contributed by atoms with Crippen molar-refractivity contribution in [2.24, 2.45) is 5.73 Å². The van der Waals surface area contributed by atoms with Gasteiger partial charge in [-0.15, -0.1) is 0 Å². The molecular weight excluding hydrogens is 272 g/mol. The minimum Gasteiger partial charge on any atom is -0.452 e. The second kappa shape index (κ2) is 5.71. The summed E-state index contributed by atoms with van der Waals surface area (Å²) in [7, 11) is 0. The highest BCUT2D eigenvalue weighted by atomic mass is 35.5. The van der Waals surface area contributed by atoms with Crippen LogP contribution in [0.25, 0.3) is 0 Å². The molecule has 1 saturated carbocycles. The van der Waals surface area contributed by atoms with Crippen LogP contribution < -0.4 is 5.73 Å².